The van der Waals surface area contributed by atoms with Crippen LogP contribution < -0.4 is 5.32 Å². The predicted octanol–water partition coefficient (Wildman–Crippen LogP) is 2.00. The van der Waals surface area contributed by atoms with Gasteiger partial charge in [-0.05, 0) is 31.3 Å². The Morgan fingerprint density at radius 2 is 2.22 bits per heavy atom. The van der Waals surface area contributed by atoms with Crippen molar-refractivity contribution in [3.63, 3.8) is 0 Å². The highest BCUT2D eigenvalue weighted by molar-refractivity contribution is 5.82. The molecule has 0 bridgehead atoms. The monoisotopic (exact) mass is 240 g/mol. The smallest absolute Gasteiger partial charge is 0.240 e. The van der Waals surface area contributed by atoms with Gasteiger partial charge in [-0.25, -0.2) is 0 Å². The summed E-state index contributed by atoms with van der Waals surface area (Å²) < 4.78 is 5.13. The highest BCUT2D eigenvalue weighted by Crippen LogP contribution is 2.20. The lowest BCUT2D eigenvalue weighted by atomic mass is 10.1. The highest BCUT2D eigenvalue weighted by atomic mass is 16.5. The van der Waals surface area contributed by atoms with Crippen molar-refractivity contribution in [2.75, 3.05) is 7.05 Å². The Bertz CT molecular complexity index is 677. The summed E-state index contributed by atoms with van der Waals surface area (Å²) in [4.78, 5) is 8.59. The highest BCUT2D eigenvalue weighted by Gasteiger charge is 2.08. The third-order valence-corrected chi connectivity index (χ3v) is 2.66. The van der Waals surface area contributed by atoms with Crippen LogP contribution in [0.15, 0.2) is 41.1 Å². The van der Waals surface area contributed by atoms with E-state index in [4.69, 9.17) is 4.52 Å². The molecule has 1 N–H and O–H groups in total. The van der Waals surface area contributed by atoms with Gasteiger partial charge in [-0.1, -0.05) is 11.2 Å². The van der Waals surface area contributed by atoms with Gasteiger partial charge in [0, 0.05) is 17.1 Å². The van der Waals surface area contributed by atoms with Crippen molar-refractivity contribution in [2.24, 2.45) is 0 Å². The number of nitrogens with one attached hydrogen (secondary N) is 1. The van der Waals surface area contributed by atoms with E-state index in [1.807, 2.05) is 37.4 Å². The standard InChI is InChI=1S/C13H12N4O/c1-14-8-12-16-13(17-18-12)10-4-5-11-9(7-10)3-2-6-15-11/h2-7,14H,8H2,1H3. The Morgan fingerprint density at radius 1 is 1.28 bits per heavy atom. The van der Waals surface area contributed by atoms with Gasteiger partial charge in [0.15, 0.2) is 0 Å². The van der Waals surface area contributed by atoms with Gasteiger partial charge in [-0.2, -0.15) is 4.98 Å². The number of aromatic nitrogens is 3. The molecule has 0 amide bonds. The van der Waals surface area contributed by atoms with Gasteiger partial charge in [0.25, 0.3) is 0 Å². The minimum Gasteiger partial charge on any atom is -0.338 e. The summed E-state index contributed by atoms with van der Waals surface area (Å²) in [5.74, 6) is 1.18. The molecule has 0 aliphatic rings. The van der Waals surface area contributed by atoms with Gasteiger partial charge in [0.05, 0.1) is 12.1 Å². The molecule has 0 atom stereocenters. The lowest BCUT2D eigenvalue weighted by Crippen LogP contribution is -2.04. The first-order valence-corrected chi connectivity index (χ1v) is 5.69. The van der Waals surface area contributed by atoms with E-state index in [0.717, 1.165) is 16.5 Å². The van der Waals surface area contributed by atoms with Crippen molar-refractivity contribution < 1.29 is 4.52 Å². The fraction of sp³-hybridized carbons (Fsp3) is 0.154. The summed E-state index contributed by atoms with van der Waals surface area (Å²) in [6.45, 7) is 0.572. The lowest BCUT2D eigenvalue weighted by molar-refractivity contribution is 0.372. The van der Waals surface area contributed by atoms with E-state index in [0.29, 0.717) is 18.3 Å². The minimum atomic E-state index is 0.572. The molecule has 3 rings (SSSR count). The van der Waals surface area contributed by atoms with Crippen molar-refractivity contribution >= 4 is 10.9 Å². The van der Waals surface area contributed by atoms with Gasteiger partial charge in [0.1, 0.15) is 0 Å². The number of hydrogen-bond donors (Lipinski definition) is 1. The zero-order valence-corrected chi connectivity index (χ0v) is 9.92. The van der Waals surface area contributed by atoms with Crippen LogP contribution in [0.2, 0.25) is 0 Å². The normalized spacial score (nSPS) is 10.9. The molecule has 0 unspecified atom stereocenters. The Morgan fingerprint density at radius 3 is 3.11 bits per heavy atom. The molecule has 2 aromatic heterocycles. The summed E-state index contributed by atoms with van der Waals surface area (Å²) in [5, 5.41) is 8.00. The van der Waals surface area contributed by atoms with E-state index < -0.39 is 0 Å². The van der Waals surface area contributed by atoms with Gasteiger partial charge >= 0.3 is 0 Å². The second kappa shape index (κ2) is 4.54. The quantitative estimate of drug-likeness (QED) is 0.758. The molecule has 3 aromatic rings. The van der Waals surface area contributed by atoms with Crippen LogP contribution in [0.1, 0.15) is 5.89 Å². The maximum atomic E-state index is 5.13. The molecule has 2 heterocycles. The Hall–Kier alpha value is -2.27. The molecule has 5 nitrogen and oxygen atoms in total. The fourth-order valence-electron chi connectivity index (χ4n) is 1.81. The van der Waals surface area contributed by atoms with Crippen LogP contribution in [0.5, 0.6) is 0 Å². The van der Waals surface area contributed by atoms with Crippen LogP contribution in [0.3, 0.4) is 0 Å². The second-order valence-electron chi connectivity index (χ2n) is 3.95. The summed E-state index contributed by atoms with van der Waals surface area (Å²) in [5.41, 5.74) is 1.89. The topological polar surface area (TPSA) is 63.8 Å². The van der Waals surface area contributed by atoms with Crippen LogP contribution in [-0.4, -0.2) is 22.2 Å². The van der Waals surface area contributed by atoms with Crippen LogP contribution in [0, 0.1) is 0 Å². The molecule has 0 saturated carbocycles. The number of rotatable bonds is 3. The molecular weight excluding hydrogens is 228 g/mol. The minimum absolute atomic E-state index is 0.572. The van der Waals surface area contributed by atoms with E-state index in [1.54, 1.807) is 6.20 Å². The number of nitrogens with zero attached hydrogens (tertiary/aromatic N) is 3. The average Bonchev–Trinajstić information content (AvgIpc) is 2.87. The van der Waals surface area contributed by atoms with E-state index in [1.165, 1.54) is 0 Å². The van der Waals surface area contributed by atoms with Crippen LogP contribution in [0.4, 0.5) is 0 Å². The molecular formula is C13H12N4O. The molecule has 0 radical (unpaired) electrons. The Labute approximate surface area is 104 Å². The van der Waals surface area contributed by atoms with Crippen LogP contribution >= 0.6 is 0 Å². The van der Waals surface area contributed by atoms with Crippen molar-refractivity contribution in [3.8, 4) is 11.4 Å². The molecule has 90 valence electrons. The third-order valence-electron chi connectivity index (χ3n) is 2.66. The zero-order valence-electron chi connectivity index (χ0n) is 9.92. The van der Waals surface area contributed by atoms with E-state index in [2.05, 4.69) is 20.4 Å². The van der Waals surface area contributed by atoms with Gasteiger partial charge in [-0.15, -0.1) is 0 Å². The summed E-state index contributed by atoms with van der Waals surface area (Å²) in [7, 11) is 1.84. The van der Waals surface area contributed by atoms with Gasteiger partial charge in [0.2, 0.25) is 11.7 Å². The molecule has 5 heteroatoms. The zero-order chi connectivity index (χ0) is 12.4. The predicted molar refractivity (Wildman–Crippen MR) is 67.8 cm³/mol. The van der Waals surface area contributed by atoms with E-state index >= 15 is 0 Å². The molecule has 18 heavy (non-hydrogen) atoms. The molecule has 0 aliphatic heterocycles. The van der Waals surface area contributed by atoms with Crippen LogP contribution in [-0.2, 0) is 6.54 Å². The van der Waals surface area contributed by atoms with Gasteiger partial charge < -0.3 is 9.84 Å². The van der Waals surface area contributed by atoms with Gasteiger partial charge in [-0.3, -0.25) is 4.98 Å². The molecule has 0 aliphatic carbocycles. The van der Waals surface area contributed by atoms with E-state index in [9.17, 15) is 0 Å². The van der Waals surface area contributed by atoms with E-state index in [-0.39, 0.29) is 0 Å². The van der Waals surface area contributed by atoms with Crippen molar-refractivity contribution in [3.05, 3.63) is 42.4 Å². The largest absolute Gasteiger partial charge is 0.338 e. The first kappa shape index (κ1) is 10.9. The first-order chi connectivity index (χ1) is 8.86. The molecule has 0 spiro atoms. The Kier molecular flexibility index (Phi) is 2.74. The number of hydrogen-bond acceptors (Lipinski definition) is 5. The summed E-state index contributed by atoms with van der Waals surface area (Å²) in [6.07, 6.45) is 1.78. The summed E-state index contributed by atoms with van der Waals surface area (Å²) in [6, 6.07) is 9.84. The molecule has 0 saturated heterocycles. The molecule has 0 fully saturated rings. The second-order valence-corrected chi connectivity index (χ2v) is 3.95. The lowest BCUT2D eigenvalue weighted by Gasteiger charge is -1.98. The average molecular weight is 240 g/mol. The van der Waals surface area contributed by atoms with Crippen LogP contribution in [0.25, 0.3) is 22.3 Å². The number of pyridine rings is 1. The Balaban J connectivity index is 2.02. The molecule has 1 aromatic carbocycles. The fourth-order valence-corrected chi connectivity index (χ4v) is 1.81. The third kappa shape index (κ3) is 1.96. The van der Waals surface area contributed by atoms with Crippen molar-refractivity contribution in [1.29, 1.82) is 0 Å². The van der Waals surface area contributed by atoms with Crippen molar-refractivity contribution in [2.45, 2.75) is 6.54 Å². The summed E-state index contributed by atoms with van der Waals surface area (Å²) >= 11 is 0. The SMILES string of the molecule is CNCc1nc(-c2ccc3ncccc3c2)no1. The number of fused-ring (bicyclic) bond motifs is 1. The van der Waals surface area contributed by atoms with Crippen molar-refractivity contribution in [1.82, 2.24) is 20.4 Å². The number of benzene rings is 1. The maximum Gasteiger partial charge on any atom is 0.240 e. The first-order valence-electron chi connectivity index (χ1n) is 5.69. The maximum absolute atomic E-state index is 5.13.